The average Bonchev–Trinajstić information content (AvgIpc) is 2.38. The van der Waals surface area contributed by atoms with Crippen molar-refractivity contribution < 1.29 is 4.74 Å². The number of hydrogen-bond donors (Lipinski definition) is 0. The van der Waals surface area contributed by atoms with Crippen molar-refractivity contribution >= 4 is 32.8 Å². The van der Waals surface area contributed by atoms with Crippen LogP contribution in [-0.2, 0) is 0 Å². The first-order valence-electron chi connectivity index (χ1n) is 5.64. The Labute approximate surface area is 110 Å². The maximum atomic E-state index is 5.21. The highest BCUT2D eigenvalue weighted by molar-refractivity contribution is 9.09. The van der Waals surface area contributed by atoms with Crippen LogP contribution in [0.25, 0.3) is 16.8 Å². The first-order chi connectivity index (χ1) is 8.33. The topological polar surface area (TPSA) is 9.23 Å². The smallest absolute Gasteiger partial charge is 0.119 e. The summed E-state index contributed by atoms with van der Waals surface area (Å²) in [6.07, 6.45) is 5.39. The minimum Gasteiger partial charge on any atom is -0.497 e. The lowest BCUT2D eigenvalue weighted by molar-refractivity contribution is 0.415. The molecule has 0 N–H and O–H groups in total. The largest absolute Gasteiger partial charge is 0.497 e. The second kappa shape index (κ2) is 5.87. The molecule has 0 fully saturated rings. The van der Waals surface area contributed by atoms with Crippen LogP contribution in [0.5, 0.6) is 5.75 Å². The molecule has 0 spiro atoms. The van der Waals surface area contributed by atoms with Crippen molar-refractivity contribution in [2.24, 2.45) is 0 Å². The summed E-state index contributed by atoms with van der Waals surface area (Å²) in [5, 5.41) is 3.46. The van der Waals surface area contributed by atoms with Crippen molar-refractivity contribution in [3.63, 3.8) is 0 Å². The Balaban J connectivity index is 2.31. The summed E-state index contributed by atoms with van der Waals surface area (Å²) in [5.41, 5.74) is 1.24. The Morgan fingerprint density at radius 3 is 2.65 bits per heavy atom. The number of ether oxygens (including phenoxy) is 1. The summed E-state index contributed by atoms with van der Waals surface area (Å²) >= 11 is 3.41. The molecule has 2 heteroatoms. The predicted octanol–water partition coefficient (Wildman–Crippen LogP) is 4.65. The molecule has 0 aliphatic carbocycles. The van der Waals surface area contributed by atoms with Crippen LogP contribution in [0, 0.1) is 0 Å². The molecule has 0 amide bonds. The number of methoxy groups -OCH3 is 1. The molecule has 0 bridgehead atoms. The fourth-order valence-corrected chi connectivity index (χ4v) is 2.02. The number of fused-ring (bicyclic) bond motifs is 1. The zero-order chi connectivity index (χ0) is 12.1. The average molecular weight is 291 g/mol. The van der Waals surface area contributed by atoms with Crippen molar-refractivity contribution in [3.8, 4) is 5.75 Å². The van der Waals surface area contributed by atoms with E-state index in [0.29, 0.717) is 0 Å². The van der Waals surface area contributed by atoms with E-state index >= 15 is 0 Å². The Morgan fingerprint density at radius 2 is 1.88 bits per heavy atom. The Kier molecular flexibility index (Phi) is 4.21. The predicted molar refractivity (Wildman–Crippen MR) is 77.9 cm³/mol. The molecule has 2 rings (SSSR count). The molecule has 0 atom stereocenters. The maximum Gasteiger partial charge on any atom is 0.119 e. The van der Waals surface area contributed by atoms with Crippen LogP contribution in [0.1, 0.15) is 12.0 Å². The third kappa shape index (κ3) is 3.10. The second-order valence-electron chi connectivity index (χ2n) is 3.85. The number of allylic oxidation sites excluding steroid dienone is 1. The Morgan fingerprint density at radius 1 is 1.12 bits per heavy atom. The van der Waals surface area contributed by atoms with Gasteiger partial charge in [-0.3, -0.25) is 0 Å². The van der Waals surface area contributed by atoms with Gasteiger partial charge in [-0.15, -0.1) is 0 Å². The maximum absolute atomic E-state index is 5.21. The fourth-order valence-electron chi connectivity index (χ4n) is 1.76. The van der Waals surface area contributed by atoms with Gasteiger partial charge in [0.15, 0.2) is 0 Å². The lowest BCUT2D eigenvalue weighted by Gasteiger charge is -2.03. The van der Waals surface area contributed by atoms with Crippen LogP contribution >= 0.6 is 15.9 Å². The summed E-state index contributed by atoms with van der Waals surface area (Å²) in [6, 6.07) is 12.6. The number of benzene rings is 2. The van der Waals surface area contributed by atoms with Crippen LogP contribution in [0.15, 0.2) is 42.5 Å². The number of halogens is 1. The molecular weight excluding hydrogens is 276 g/mol. The van der Waals surface area contributed by atoms with E-state index in [9.17, 15) is 0 Å². The molecular formula is C15H15BrO. The monoisotopic (exact) mass is 290 g/mol. The minimum atomic E-state index is 0.903. The van der Waals surface area contributed by atoms with Gasteiger partial charge < -0.3 is 4.74 Å². The Hall–Kier alpha value is -1.28. The van der Waals surface area contributed by atoms with Gasteiger partial charge in [-0.25, -0.2) is 0 Å². The third-order valence-electron chi connectivity index (χ3n) is 2.66. The van der Waals surface area contributed by atoms with Crippen molar-refractivity contribution in [2.45, 2.75) is 6.42 Å². The van der Waals surface area contributed by atoms with E-state index in [1.165, 1.54) is 16.3 Å². The van der Waals surface area contributed by atoms with Gasteiger partial charge in [-0.05, 0) is 41.0 Å². The van der Waals surface area contributed by atoms with E-state index in [4.69, 9.17) is 4.74 Å². The number of rotatable bonds is 4. The van der Waals surface area contributed by atoms with Crippen LogP contribution in [0.4, 0.5) is 0 Å². The normalized spacial score (nSPS) is 11.2. The summed E-state index contributed by atoms with van der Waals surface area (Å²) in [6.45, 7) is 0. The van der Waals surface area contributed by atoms with E-state index in [2.05, 4.69) is 58.4 Å². The molecule has 88 valence electrons. The molecule has 0 saturated heterocycles. The van der Waals surface area contributed by atoms with Gasteiger partial charge in [0, 0.05) is 5.33 Å². The van der Waals surface area contributed by atoms with Crippen molar-refractivity contribution in [1.29, 1.82) is 0 Å². The molecule has 17 heavy (non-hydrogen) atoms. The van der Waals surface area contributed by atoms with Gasteiger partial charge in [0.05, 0.1) is 7.11 Å². The minimum absolute atomic E-state index is 0.903. The number of hydrogen-bond acceptors (Lipinski definition) is 1. The van der Waals surface area contributed by atoms with Gasteiger partial charge in [-0.1, -0.05) is 46.3 Å². The summed E-state index contributed by atoms with van der Waals surface area (Å²) in [7, 11) is 1.69. The molecule has 0 aliphatic rings. The molecule has 0 aromatic heterocycles. The quantitative estimate of drug-likeness (QED) is 0.745. The Bertz CT molecular complexity index is 531. The third-order valence-corrected chi connectivity index (χ3v) is 3.12. The van der Waals surface area contributed by atoms with Gasteiger partial charge in [0.1, 0.15) is 5.75 Å². The van der Waals surface area contributed by atoms with Crippen molar-refractivity contribution in [2.75, 3.05) is 12.4 Å². The van der Waals surface area contributed by atoms with Crippen LogP contribution in [0.2, 0.25) is 0 Å². The van der Waals surface area contributed by atoms with E-state index in [1.54, 1.807) is 7.11 Å². The molecule has 0 radical (unpaired) electrons. The zero-order valence-electron chi connectivity index (χ0n) is 9.82. The van der Waals surface area contributed by atoms with E-state index < -0.39 is 0 Å². The van der Waals surface area contributed by atoms with E-state index in [-0.39, 0.29) is 0 Å². The van der Waals surface area contributed by atoms with Crippen molar-refractivity contribution in [1.82, 2.24) is 0 Å². The zero-order valence-corrected chi connectivity index (χ0v) is 11.4. The standard InChI is InChI=1S/C15H15BrO/c1-17-15-8-7-13-10-12(4-2-3-9-16)5-6-14(13)11-15/h2,4-8,10-11H,3,9H2,1H3. The number of alkyl halides is 1. The highest BCUT2D eigenvalue weighted by Crippen LogP contribution is 2.22. The summed E-state index contributed by atoms with van der Waals surface area (Å²) < 4.78 is 5.21. The summed E-state index contributed by atoms with van der Waals surface area (Å²) in [5.74, 6) is 0.903. The fraction of sp³-hybridized carbons (Fsp3) is 0.200. The first-order valence-corrected chi connectivity index (χ1v) is 6.76. The van der Waals surface area contributed by atoms with Gasteiger partial charge in [0.2, 0.25) is 0 Å². The lowest BCUT2D eigenvalue weighted by atomic mass is 10.1. The molecule has 0 unspecified atom stereocenters. The first kappa shape index (κ1) is 12.2. The molecule has 2 aromatic rings. The van der Waals surface area contributed by atoms with Crippen molar-refractivity contribution in [3.05, 3.63) is 48.0 Å². The summed E-state index contributed by atoms with van der Waals surface area (Å²) in [4.78, 5) is 0. The molecule has 0 heterocycles. The van der Waals surface area contributed by atoms with Crippen LogP contribution < -0.4 is 4.74 Å². The SMILES string of the molecule is COc1ccc2cc(C=CCCBr)ccc2c1. The lowest BCUT2D eigenvalue weighted by Crippen LogP contribution is -1.82. The van der Waals surface area contributed by atoms with Gasteiger partial charge in [-0.2, -0.15) is 0 Å². The molecule has 2 aromatic carbocycles. The van der Waals surface area contributed by atoms with Gasteiger partial charge in [0.25, 0.3) is 0 Å². The molecule has 0 saturated carbocycles. The highest BCUT2D eigenvalue weighted by Gasteiger charge is 1.96. The van der Waals surface area contributed by atoms with Crippen LogP contribution in [-0.4, -0.2) is 12.4 Å². The van der Waals surface area contributed by atoms with E-state index in [1.807, 2.05) is 6.07 Å². The highest BCUT2D eigenvalue weighted by atomic mass is 79.9. The second-order valence-corrected chi connectivity index (χ2v) is 4.65. The van der Waals surface area contributed by atoms with Crippen LogP contribution in [0.3, 0.4) is 0 Å². The molecule has 0 aliphatic heterocycles. The van der Waals surface area contributed by atoms with Gasteiger partial charge >= 0.3 is 0 Å². The molecule has 1 nitrogen and oxygen atoms in total. The van der Waals surface area contributed by atoms with E-state index in [0.717, 1.165) is 17.5 Å².